The minimum atomic E-state index is -0.523. The minimum Gasteiger partial charge on any atom is -0.367 e. The molecule has 0 spiro atoms. The summed E-state index contributed by atoms with van der Waals surface area (Å²) in [4.78, 5) is 14.7. The second-order valence-corrected chi connectivity index (χ2v) is 5.46. The molecule has 2 aliphatic rings. The number of carbonyl (C=O) groups is 1. The molecular weight excluding hydrogens is 245 g/mol. The monoisotopic (exact) mass is 263 g/mol. The molecule has 0 amide bonds. The van der Waals surface area contributed by atoms with Gasteiger partial charge in [-0.25, -0.2) is 4.39 Å². The molecule has 3 nitrogen and oxygen atoms in total. The van der Waals surface area contributed by atoms with Crippen molar-refractivity contribution in [2.24, 2.45) is 0 Å². The summed E-state index contributed by atoms with van der Waals surface area (Å²) in [5, 5.41) is 0. The Kier molecular flexibility index (Phi) is 3.37. The highest BCUT2D eigenvalue weighted by molar-refractivity contribution is 6.00. The van der Waals surface area contributed by atoms with Crippen LogP contribution in [-0.4, -0.2) is 42.5 Å². The first kappa shape index (κ1) is 12.8. The van der Waals surface area contributed by atoms with Gasteiger partial charge in [0.2, 0.25) is 0 Å². The number of ketones is 1. The Morgan fingerprint density at radius 2 is 2.32 bits per heavy atom. The van der Waals surface area contributed by atoms with Crippen LogP contribution in [0.2, 0.25) is 0 Å². The van der Waals surface area contributed by atoms with Crippen LogP contribution >= 0.6 is 0 Å². The highest BCUT2D eigenvalue weighted by Gasteiger charge is 2.36. The second-order valence-electron chi connectivity index (χ2n) is 5.46. The fraction of sp³-hybridized carbons (Fsp3) is 0.533. The molecule has 0 bridgehead atoms. The lowest BCUT2D eigenvalue weighted by atomic mass is 10.0. The van der Waals surface area contributed by atoms with Crippen LogP contribution in [0.5, 0.6) is 0 Å². The fourth-order valence-electron chi connectivity index (χ4n) is 2.98. The predicted molar refractivity (Wildman–Crippen MR) is 69.8 cm³/mol. The van der Waals surface area contributed by atoms with Crippen LogP contribution in [0, 0.1) is 12.7 Å². The number of benzene rings is 1. The lowest BCUT2D eigenvalue weighted by Gasteiger charge is -2.34. The SMILES string of the molecule is Cc1ccc(F)c(C(=O)C2CN3CCCC3CO2)c1. The Labute approximate surface area is 112 Å². The van der Waals surface area contributed by atoms with Gasteiger partial charge in [0, 0.05) is 12.6 Å². The van der Waals surface area contributed by atoms with Gasteiger partial charge in [0.1, 0.15) is 11.9 Å². The van der Waals surface area contributed by atoms with Crippen LogP contribution < -0.4 is 0 Å². The van der Waals surface area contributed by atoms with Gasteiger partial charge in [-0.1, -0.05) is 11.6 Å². The van der Waals surface area contributed by atoms with E-state index in [0.717, 1.165) is 24.9 Å². The summed E-state index contributed by atoms with van der Waals surface area (Å²) in [6, 6.07) is 5.08. The second kappa shape index (κ2) is 5.02. The first-order valence-corrected chi connectivity index (χ1v) is 6.81. The van der Waals surface area contributed by atoms with Gasteiger partial charge in [-0.05, 0) is 38.4 Å². The zero-order chi connectivity index (χ0) is 13.4. The molecule has 2 saturated heterocycles. The third kappa shape index (κ3) is 2.42. The smallest absolute Gasteiger partial charge is 0.195 e. The minimum absolute atomic E-state index is 0.155. The molecule has 0 aliphatic carbocycles. The molecule has 1 aromatic carbocycles. The van der Waals surface area contributed by atoms with E-state index in [1.54, 1.807) is 12.1 Å². The standard InChI is InChI=1S/C15H18FNO2/c1-10-4-5-13(16)12(7-10)15(18)14-8-17-6-2-3-11(17)9-19-14/h4-5,7,11,14H,2-3,6,8-9H2,1H3. The zero-order valence-electron chi connectivity index (χ0n) is 11.1. The van der Waals surface area contributed by atoms with Crippen molar-refractivity contribution in [3.05, 3.63) is 35.1 Å². The number of halogens is 1. The molecule has 2 heterocycles. The zero-order valence-corrected chi connectivity index (χ0v) is 11.1. The Morgan fingerprint density at radius 3 is 3.16 bits per heavy atom. The lowest BCUT2D eigenvalue weighted by molar-refractivity contribution is -0.0346. The van der Waals surface area contributed by atoms with Crippen LogP contribution in [-0.2, 0) is 4.74 Å². The Balaban J connectivity index is 1.78. The molecule has 1 aromatic rings. The third-order valence-corrected chi connectivity index (χ3v) is 4.07. The Hall–Kier alpha value is -1.26. The number of morpholine rings is 1. The fourth-order valence-corrected chi connectivity index (χ4v) is 2.98. The Morgan fingerprint density at radius 1 is 1.47 bits per heavy atom. The molecule has 2 fully saturated rings. The first-order valence-electron chi connectivity index (χ1n) is 6.81. The quantitative estimate of drug-likeness (QED) is 0.766. The molecule has 2 atom stereocenters. The number of fused-ring (bicyclic) bond motifs is 1. The van der Waals surface area contributed by atoms with E-state index in [4.69, 9.17) is 4.74 Å². The summed E-state index contributed by atoms with van der Waals surface area (Å²) in [6.45, 7) is 4.06. The van der Waals surface area contributed by atoms with Crippen molar-refractivity contribution in [1.82, 2.24) is 4.90 Å². The van der Waals surface area contributed by atoms with Crippen LogP contribution in [0.4, 0.5) is 4.39 Å². The Bertz CT molecular complexity index is 503. The summed E-state index contributed by atoms with van der Waals surface area (Å²) < 4.78 is 19.4. The van der Waals surface area contributed by atoms with Crippen LogP contribution in [0.25, 0.3) is 0 Å². The van der Waals surface area contributed by atoms with Crippen molar-refractivity contribution in [1.29, 1.82) is 0 Å². The number of carbonyl (C=O) groups excluding carboxylic acids is 1. The summed E-state index contributed by atoms with van der Waals surface area (Å²) in [7, 11) is 0. The number of ether oxygens (including phenoxy) is 1. The largest absolute Gasteiger partial charge is 0.367 e. The van der Waals surface area contributed by atoms with Gasteiger partial charge in [0.15, 0.2) is 5.78 Å². The molecule has 102 valence electrons. The summed E-state index contributed by atoms with van der Waals surface area (Å²) in [5.41, 5.74) is 1.04. The third-order valence-electron chi connectivity index (χ3n) is 4.07. The van der Waals surface area contributed by atoms with Gasteiger partial charge in [-0.2, -0.15) is 0 Å². The lowest BCUT2D eigenvalue weighted by Crippen LogP contribution is -2.49. The highest BCUT2D eigenvalue weighted by atomic mass is 19.1. The normalized spacial score (nSPS) is 27.3. The van der Waals surface area contributed by atoms with E-state index in [1.165, 1.54) is 6.07 Å². The van der Waals surface area contributed by atoms with E-state index in [2.05, 4.69) is 4.90 Å². The van der Waals surface area contributed by atoms with Gasteiger partial charge in [0.25, 0.3) is 0 Å². The van der Waals surface area contributed by atoms with E-state index in [1.807, 2.05) is 6.92 Å². The molecule has 2 aliphatic heterocycles. The maximum absolute atomic E-state index is 13.8. The molecular formula is C15H18FNO2. The molecule has 0 aromatic heterocycles. The van der Waals surface area contributed by atoms with Crippen molar-refractivity contribution < 1.29 is 13.9 Å². The van der Waals surface area contributed by atoms with Crippen molar-refractivity contribution >= 4 is 5.78 Å². The van der Waals surface area contributed by atoms with Gasteiger partial charge >= 0.3 is 0 Å². The number of Topliss-reactive ketones (excluding diaryl/α,β-unsaturated/α-hetero) is 1. The van der Waals surface area contributed by atoms with Crippen LogP contribution in [0.1, 0.15) is 28.8 Å². The summed E-state index contributed by atoms with van der Waals surface area (Å²) in [6.07, 6.45) is 1.78. The van der Waals surface area contributed by atoms with E-state index in [-0.39, 0.29) is 11.3 Å². The van der Waals surface area contributed by atoms with Crippen LogP contribution in [0.15, 0.2) is 18.2 Å². The highest BCUT2D eigenvalue weighted by Crippen LogP contribution is 2.24. The van der Waals surface area contributed by atoms with Gasteiger partial charge in [-0.3, -0.25) is 9.69 Å². The van der Waals surface area contributed by atoms with Crippen molar-refractivity contribution in [3.8, 4) is 0 Å². The van der Waals surface area contributed by atoms with Crippen molar-refractivity contribution in [3.63, 3.8) is 0 Å². The molecule has 3 rings (SSSR count). The van der Waals surface area contributed by atoms with Crippen molar-refractivity contribution in [2.75, 3.05) is 19.7 Å². The molecule has 19 heavy (non-hydrogen) atoms. The topological polar surface area (TPSA) is 29.5 Å². The number of hydrogen-bond acceptors (Lipinski definition) is 3. The maximum Gasteiger partial charge on any atom is 0.195 e. The predicted octanol–water partition coefficient (Wildman–Crippen LogP) is 2.18. The number of hydrogen-bond donors (Lipinski definition) is 0. The first-order chi connectivity index (χ1) is 9.15. The molecule has 0 saturated carbocycles. The number of nitrogens with zero attached hydrogens (tertiary/aromatic N) is 1. The number of rotatable bonds is 2. The van der Waals surface area contributed by atoms with E-state index in [0.29, 0.717) is 19.2 Å². The maximum atomic E-state index is 13.8. The average Bonchev–Trinajstić information content (AvgIpc) is 2.88. The molecule has 2 unspecified atom stereocenters. The molecule has 0 radical (unpaired) electrons. The van der Waals surface area contributed by atoms with Gasteiger partial charge < -0.3 is 4.74 Å². The average molecular weight is 263 g/mol. The van der Waals surface area contributed by atoms with E-state index < -0.39 is 11.9 Å². The molecule has 4 heteroatoms. The van der Waals surface area contributed by atoms with E-state index >= 15 is 0 Å². The summed E-state index contributed by atoms with van der Waals surface area (Å²) >= 11 is 0. The van der Waals surface area contributed by atoms with Gasteiger partial charge in [0.05, 0.1) is 12.2 Å². The number of aryl methyl sites for hydroxylation is 1. The van der Waals surface area contributed by atoms with Crippen LogP contribution in [0.3, 0.4) is 0 Å². The van der Waals surface area contributed by atoms with Gasteiger partial charge in [-0.15, -0.1) is 0 Å². The summed E-state index contributed by atoms with van der Waals surface area (Å²) in [5.74, 6) is -0.686. The van der Waals surface area contributed by atoms with Crippen molar-refractivity contribution in [2.45, 2.75) is 31.9 Å². The van der Waals surface area contributed by atoms with E-state index in [9.17, 15) is 9.18 Å². The molecule has 0 N–H and O–H groups in total.